The molecule has 3 aliphatic rings. The Morgan fingerprint density at radius 1 is 0.811 bits per heavy atom. The van der Waals surface area contributed by atoms with E-state index in [1.54, 1.807) is 6.07 Å². The summed E-state index contributed by atoms with van der Waals surface area (Å²) in [5, 5.41) is 0.0613. The standard InChI is InChI=1S/C43H47FN6O3/c1-29-6-4-11-39(46-29)40(51)24-30-14-18-36(19-15-30)50-42(52)38-26-34(44)27-45-41(38)49(43(50)53)37-10-5-7-33(25-37)32-16-12-31(13-17-32)28-47-20-22-48(23-21-47)35-8-2-3-9-35/h4-7,10-13,16-17,25-27,30,35-36H,2-3,8-9,14-15,18-24,28H2,1H3. The summed E-state index contributed by atoms with van der Waals surface area (Å²) in [7, 11) is 0. The average Bonchev–Trinajstić information content (AvgIpc) is 3.72. The smallest absolute Gasteiger partial charge is 0.298 e. The first-order valence-electron chi connectivity index (χ1n) is 19.3. The fourth-order valence-corrected chi connectivity index (χ4v) is 8.85. The van der Waals surface area contributed by atoms with Gasteiger partial charge in [-0.1, -0.05) is 55.3 Å². The van der Waals surface area contributed by atoms with Gasteiger partial charge in [0, 0.05) is 56.9 Å². The van der Waals surface area contributed by atoms with Gasteiger partial charge in [0.1, 0.15) is 11.5 Å². The Labute approximate surface area is 309 Å². The highest BCUT2D eigenvalue weighted by atomic mass is 19.1. The van der Waals surface area contributed by atoms with E-state index in [9.17, 15) is 18.8 Å². The second-order valence-electron chi connectivity index (χ2n) is 15.3. The van der Waals surface area contributed by atoms with Crippen molar-refractivity contribution < 1.29 is 9.18 Å². The van der Waals surface area contributed by atoms with Crippen LogP contribution in [0.1, 0.15) is 85.6 Å². The Morgan fingerprint density at radius 2 is 1.55 bits per heavy atom. The van der Waals surface area contributed by atoms with Crippen molar-refractivity contribution in [3.05, 3.63) is 123 Å². The first-order valence-corrected chi connectivity index (χ1v) is 19.3. The minimum atomic E-state index is -0.636. The van der Waals surface area contributed by atoms with E-state index in [0.717, 1.165) is 61.8 Å². The van der Waals surface area contributed by atoms with Crippen LogP contribution in [-0.4, -0.2) is 66.9 Å². The molecule has 10 heteroatoms. The van der Waals surface area contributed by atoms with Crippen LogP contribution >= 0.6 is 0 Å². The summed E-state index contributed by atoms with van der Waals surface area (Å²) in [4.78, 5) is 55.1. The van der Waals surface area contributed by atoms with Gasteiger partial charge in [0.15, 0.2) is 11.4 Å². The molecule has 0 unspecified atom stereocenters. The molecule has 5 aromatic rings. The molecule has 8 rings (SSSR count). The molecule has 0 bridgehead atoms. The number of nitrogens with zero attached hydrogens (tertiary/aromatic N) is 6. The summed E-state index contributed by atoms with van der Waals surface area (Å²) >= 11 is 0. The van der Waals surface area contributed by atoms with Crippen molar-refractivity contribution in [1.29, 1.82) is 0 Å². The summed E-state index contributed by atoms with van der Waals surface area (Å²) in [5.74, 6) is -0.498. The number of ketones is 1. The van der Waals surface area contributed by atoms with Gasteiger partial charge in [0.25, 0.3) is 5.56 Å². The molecule has 0 N–H and O–H groups in total. The Balaban J connectivity index is 1.01. The number of carbonyl (C=O) groups excluding carboxylic acids is 1. The fourth-order valence-electron chi connectivity index (χ4n) is 8.85. The number of carbonyl (C=O) groups is 1. The Bertz CT molecular complexity index is 2230. The van der Waals surface area contributed by atoms with Crippen LogP contribution in [0.25, 0.3) is 27.8 Å². The van der Waals surface area contributed by atoms with Gasteiger partial charge >= 0.3 is 5.69 Å². The van der Waals surface area contributed by atoms with Gasteiger partial charge in [0.2, 0.25) is 0 Å². The first kappa shape index (κ1) is 35.2. The lowest BCUT2D eigenvalue weighted by Crippen LogP contribution is -2.49. The molecule has 0 radical (unpaired) electrons. The highest BCUT2D eigenvalue weighted by Gasteiger charge is 2.29. The maximum absolute atomic E-state index is 14.6. The second kappa shape index (κ2) is 15.3. The monoisotopic (exact) mass is 714 g/mol. The molecular formula is C43H47FN6O3. The molecule has 2 saturated carbocycles. The van der Waals surface area contributed by atoms with Gasteiger partial charge in [-0.15, -0.1) is 0 Å². The van der Waals surface area contributed by atoms with Gasteiger partial charge in [-0.2, -0.15) is 0 Å². The number of aromatic nitrogens is 4. The Kier molecular flexibility index (Phi) is 10.2. The largest absolute Gasteiger partial charge is 0.337 e. The lowest BCUT2D eigenvalue weighted by molar-refractivity contribution is 0.0936. The number of pyridine rings is 2. The normalized spacial score (nSPS) is 20.3. The topological polar surface area (TPSA) is 93.3 Å². The minimum Gasteiger partial charge on any atom is -0.298 e. The van der Waals surface area contributed by atoms with Crippen molar-refractivity contribution in [1.82, 2.24) is 28.9 Å². The molecule has 9 nitrogen and oxygen atoms in total. The number of benzene rings is 2. The van der Waals surface area contributed by atoms with Crippen molar-refractivity contribution >= 4 is 16.8 Å². The predicted octanol–water partition coefficient (Wildman–Crippen LogP) is 7.12. The van der Waals surface area contributed by atoms with E-state index in [-0.39, 0.29) is 28.8 Å². The number of Topliss-reactive ketones (excluding diaryl/α,β-unsaturated/α-hetero) is 1. The van der Waals surface area contributed by atoms with Crippen molar-refractivity contribution in [2.45, 2.75) is 83.3 Å². The van der Waals surface area contributed by atoms with E-state index in [1.165, 1.54) is 46.4 Å². The molecule has 0 spiro atoms. The predicted molar refractivity (Wildman–Crippen MR) is 205 cm³/mol. The van der Waals surface area contributed by atoms with Crippen LogP contribution in [0.3, 0.4) is 0 Å². The molecule has 4 heterocycles. The lowest BCUT2D eigenvalue weighted by atomic mass is 9.82. The maximum Gasteiger partial charge on any atom is 0.337 e. The van der Waals surface area contributed by atoms with Crippen molar-refractivity contribution in [3.8, 4) is 16.8 Å². The molecule has 0 atom stereocenters. The quantitative estimate of drug-likeness (QED) is 0.150. The van der Waals surface area contributed by atoms with E-state index in [4.69, 9.17) is 0 Å². The summed E-state index contributed by atoms with van der Waals surface area (Å²) in [5.41, 5.74) is 4.13. The maximum atomic E-state index is 14.6. The molecular weight excluding hydrogens is 668 g/mol. The number of halogens is 1. The number of hydrogen-bond donors (Lipinski definition) is 0. The van der Waals surface area contributed by atoms with Gasteiger partial charge in [-0.3, -0.25) is 28.9 Å². The van der Waals surface area contributed by atoms with Crippen molar-refractivity contribution in [2.24, 2.45) is 5.92 Å². The van der Waals surface area contributed by atoms with E-state index in [2.05, 4.69) is 44.0 Å². The molecule has 1 aliphatic heterocycles. The Hall–Kier alpha value is -4.80. The highest BCUT2D eigenvalue weighted by Crippen LogP contribution is 2.34. The van der Waals surface area contributed by atoms with Crippen LogP contribution in [0.4, 0.5) is 4.39 Å². The average molecular weight is 715 g/mol. The van der Waals surface area contributed by atoms with E-state index in [1.807, 2.05) is 43.3 Å². The number of hydrogen-bond acceptors (Lipinski definition) is 7. The minimum absolute atomic E-state index is 0.00581. The Morgan fingerprint density at radius 3 is 2.28 bits per heavy atom. The molecule has 3 aromatic heterocycles. The van der Waals surface area contributed by atoms with E-state index < -0.39 is 17.1 Å². The van der Waals surface area contributed by atoms with Crippen LogP contribution in [0.15, 0.2) is 88.6 Å². The van der Waals surface area contributed by atoms with Crippen LogP contribution in [0, 0.1) is 18.7 Å². The molecule has 3 fully saturated rings. The van der Waals surface area contributed by atoms with Crippen LogP contribution in [-0.2, 0) is 6.54 Å². The van der Waals surface area contributed by atoms with Crippen LogP contribution in [0.2, 0.25) is 0 Å². The highest BCUT2D eigenvalue weighted by molar-refractivity contribution is 5.94. The summed E-state index contributed by atoms with van der Waals surface area (Å²) in [6.45, 7) is 7.27. The number of aryl methyl sites for hydroxylation is 1. The summed E-state index contributed by atoms with van der Waals surface area (Å²) in [6, 6.07) is 23.3. The number of piperazine rings is 1. The molecule has 1 saturated heterocycles. The van der Waals surface area contributed by atoms with Crippen LogP contribution in [0.5, 0.6) is 0 Å². The third-order valence-electron chi connectivity index (χ3n) is 11.8. The summed E-state index contributed by atoms with van der Waals surface area (Å²) < 4.78 is 17.3. The SMILES string of the molecule is Cc1cccc(C(=O)CC2CCC(n3c(=O)c4cc(F)cnc4n(-c4cccc(-c5ccc(CN6CCN(C7CCCC7)CC6)cc5)c4)c3=O)CC2)n1. The third-order valence-corrected chi connectivity index (χ3v) is 11.8. The molecule has 0 amide bonds. The van der Waals surface area contributed by atoms with Crippen molar-refractivity contribution in [2.75, 3.05) is 26.2 Å². The van der Waals surface area contributed by atoms with Gasteiger partial charge in [0.05, 0.1) is 17.3 Å². The third kappa shape index (κ3) is 7.53. The molecule has 53 heavy (non-hydrogen) atoms. The van der Waals surface area contributed by atoms with E-state index >= 15 is 0 Å². The molecule has 274 valence electrons. The lowest BCUT2D eigenvalue weighted by Gasteiger charge is -2.38. The van der Waals surface area contributed by atoms with Gasteiger partial charge in [-0.25, -0.2) is 18.7 Å². The van der Waals surface area contributed by atoms with Crippen LogP contribution < -0.4 is 11.2 Å². The van der Waals surface area contributed by atoms with Crippen molar-refractivity contribution in [3.63, 3.8) is 0 Å². The zero-order valence-electron chi connectivity index (χ0n) is 30.4. The van der Waals surface area contributed by atoms with Gasteiger partial charge in [-0.05, 0) is 98.4 Å². The first-order chi connectivity index (χ1) is 25.8. The summed E-state index contributed by atoms with van der Waals surface area (Å²) in [6.07, 6.45) is 9.37. The molecule has 2 aromatic carbocycles. The molecule has 2 aliphatic carbocycles. The van der Waals surface area contributed by atoms with Gasteiger partial charge < -0.3 is 0 Å². The van der Waals surface area contributed by atoms with E-state index in [0.29, 0.717) is 43.5 Å². The second-order valence-corrected chi connectivity index (χ2v) is 15.3. The zero-order valence-corrected chi connectivity index (χ0v) is 30.4. The number of rotatable bonds is 9. The zero-order chi connectivity index (χ0) is 36.5. The number of fused-ring (bicyclic) bond motifs is 1. The fraction of sp³-hybridized carbons (Fsp3) is 0.419.